The highest BCUT2D eigenvalue weighted by molar-refractivity contribution is 6.60. The number of rotatable bonds is 2. The summed E-state index contributed by atoms with van der Waals surface area (Å²) in [7, 11) is -1.58. The van der Waals surface area contributed by atoms with Gasteiger partial charge in [-0.3, -0.25) is 4.79 Å². The molecule has 2 rings (SSSR count). The summed E-state index contributed by atoms with van der Waals surface area (Å²) in [5.41, 5.74) is 6.54. The molecule has 0 aliphatic carbocycles. The fourth-order valence-corrected chi connectivity index (χ4v) is 1.92. The third-order valence-corrected chi connectivity index (χ3v) is 2.66. The molecule has 1 amide bonds. The summed E-state index contributed by atoms with van der Waals surface area (Å²) in [6.45, 7) is 0.419. The summed E-state index contributed by atoms with van der Waals surface area (Å²) >= 11 is 0. The van der Waals surface area contributed by atoms with Gasteiger partial charge in [-0.25, -0.2) is 0 Å². The first-order chi connectivity index (χ1) is 7.59. The zero-order valence-electron chi connectivity index (χ0n) is 8.71. The molecule has 84 valence electrons. The summed E-state index contributed by atoms with van der Waals surface area (Å²) in [4.78, 5) is 13.1. The van der Waals surface area contributed by atoms with Crippen molar-refractivity contribution in [3.05, 3.63) is 24.3 Å². The molecular weight excluding hydrogens is 207 g/mol. The van der Waals surface area contributed by atoms with Crippen LogP contribution in [-0.2, 0) is 4.79 Å². The predicted molar refractivity (Wildman–Crippen MR) is 61.2 cm³/mol. The van der Waals surface area contributed by atoms with Crippen LogP contribution in [0.2, 0.25) is 0 Å². The van der Waals surface area contributed by atoms with Crippen molar-refractivity contribution in [3.63, 3.8) is 0 Å². The van der Waals surface area contributed by atoms with E-state index in [0.717, 1.165) is 0 Å². The molecule has 1 aliphatic heterocycles. The van der Waals surface area contributed by atoms with E-state index >= 15 is 0 Å². The van der Waals surface area contributed by atoms with Crippen LogP contribution >= 0.6 is 0 Å². The van der Waals surface area contributed by atoms with Crippen LogP contribution < -0.4 is 16.1 Å². The Morgan fingerprint density at radius 2 is 2.06 bits per heavy atom. The number of carbonyl (C=O) groups is 1. The maximum atomic E-state index is 11.6. The van der Waals surface area contributed by atoms with Crippen molar-refractivity contribution in [2.75, 3.05) is 11.4 Å². The molecule has 0 spiro atoms. The van der Waals surface area contributed by atoms with Crippen LogP contribution in [0.1, 0.15) is 6.42 Å². The zero-order valence-corrected chi connectivity index (χ0v) is 8.71. The quantitative estimate of drug-likeness (QED) is 0.525. The van der Waals surface area contributed by atoms with Crippen LogP contribution in [0.15, 0.2) is 24.3 Å². The van der Waals surface area contributed by atoms with E-state index in [4.69, 9.17) is 5.73 Å². The molecule has 1 heterocycles. The van der Waals surface area contributed by atoms with Crippen molar-refractivity contribution in [2.45, 2.75) is 12.5 Å². The van der Waals surface area contributed by atoms with E-state index in [9.17, 15) is 14.8 Å². The van der Waals surface area contributed by atoms with Crippen LogP contribution in [-0.4, -0.2) is 35.7 Å². The van der Waals surface area contributed by atoms with Gasteiger partial charge in [-0.15, -0.1) is 0 Å². The molecule has 1 aromatic carbocycles. The Morgan fingerprint density at radius 1 is 1.38 bits per heavy atom. The smallest absolute Gasteiger partial charge is 0.423 e. The third-order valence-electron chi connectivity index (χ3n) is 2.66. The first-order valence-electron chi connectivity index (χ1n) is 5.10. The molecule has 1 saturated heterocycles. The minimum Gasteiger partial charge on any atom is -0.423 e. The molecule has 16 heavy (non-hydrogen) atoms. The minimum atomic E-state index is -1.58. The molecular formula is C10H13BN2O3. The Morgan fingerprint density at radius 3 is 2.62 bits per heavy atom. The first kappa shape index (κ1) is 11.1. The second kappa shape index (κ2) is 4.25. The number of nitrogens with zero attached hydrogens (tertiary/aromatic N) is 1. The van der Waals surface area contributed by atoms with Gasteiger partial charge in [-0.05, 0) is 6.07 Å². The zero-order chi connectivity index (χ0) is 11.7. The summed E-state index contributed by atoms with van der Waals surface area (Å²) in [5.74, 6) is -0.0828. The van der Waals surface area contributed by atoms with E-state index in [-0.39, 0.29) is 11.9 Å². The third kappa shape index (κ3) is 1.95. The second-order valence-electron chi connectivity index (χ2n) is 3.90. The predicted octanol–water partition coefficient (Wildman–Crippen LogP) is -1.57. The molecule has 1 fully saturated rings. The highest BCUT2D eigenvalue weighted by atomic mass is 16.4. The largest absolute Gasteiger partial charge is 0.490 e. The minimum absolute atomic E-state index is 0.0828. The lowest BCUT2D eigenvalue weighted by Crippen LogP contribution is -2.38. The molecule has 0 radical (unpaired) electrons. The van der Waals surface area contributed by atoms with E-state index < -0.39 is 7.12 Å². The van der Waals surface area contributed by atoms with E-state index in [1.165, 1.54) is 4.90 Å². The summed E-state index contributed by atoms with van der Waals surface area (Å²) in [6.07, 6.45) is 0.301. The van der Waals surface area contributed by atoms with Gasteiger partial charge in [-0.1, -0.05) is 18.2 Å². The molecule has 1 aromatic rings. The van der Waals surface area contributed by atoms with Crippen LogP contribution in [0.25, 0.3) is 0 Å². The Labute approximate surface area is 93.6 Å². The number of para-hydroxylation sites is 1. The van der Waals surface area contributed by atoms with E-state index in [1.807, 2.05) is 0 Å². The van der Waals surface area contributed by atoms with Gasteiger partial charge in [0, 0.05) is 30.2 Å². The van der Waals surface area contributed by atoms with E-state index in [0.29, 0.717) is 24.1 Å². The van der Waals surface area contributed by atoms with Crippen LogP contribution in [0.4, 0.5) is 5.69 Å². The molecule has 0 aromatic heterocycles. The number of hydrogen-bond donors (Lipinski definition) is 3. The Hall–Kier alpha value is -1.37. The molecule has 0 bridgehead atoms. The lowest BCUT2D eigenvalue weighted by atomic mass is 9.78. The van der Waals surface area contributed by atoms with Crippen LogP contribution in [0.3, 0.4) is 0 Å². The summed E-state index contributed by atoms with van der Waals surface area (Å²) in [5, 5.41) is 18.4. The number of benzene rings is 1. The van der Waals surface area contributed by atoms with Crippen molar-refractivity contribution in [3.8, 4) is 0 Å². The van der Waals surface area contributed by atoms with E-state index in [2.05, 4.69) is 0 Å². The number of nitrogens with two attached hydrogens (primary N) is 1. The van der Waals surface area contributed by atoms with Gasteiger partial charge < -0.3 is 20.7 Å². The van der Waals surface area contributed by atoms with Crippen molar-refractivity contribution >= 4 is 24.2 Å². The summed E-state index contributed by atoms with van der Waals surface area (Å²) < 4.78 is 0. The molecule has 1 atom stereocenters. The highest BCUT2D eigenvalue weighted by Gasteiger charge is 2.31. The van der Waals surface area contributed by atoms with Crippen LogP contribution in [0.5, 0.6) is 0 Å². The monoisotopic (exact) mass is 220 g/mol. The SMILES string of the molecule is NC1CC(=O)N(c2ccccc2B(O)O)C1. The fraction of sp³-hybridized carbons (Fsp3) is 0.300. The molecule has 5 nitrogen and oxygen atoms in total. The lowest BCUT2D eigenvalue weighted by molar-refractivity contribution is -0.117. The van der Waals surface area contributed by atoms with Gasteiger partial charge in [0.25, 0.3) is 0 Å². The topological polar surface area (TPSA) is 86.8 Å². The molecule has 6 heteroatoms. The lowest BCUT2D eigenvalue weighted by Gasteiger charge is -2.19. The van der Waals surface area contributed by atoms with Crippen molar-refractivity contribution < 1.29 is 14.8 Å². The number of hydrogen-bond acceptors (Lipinski definition) is 4. The normalized spacial score (nSPS) is 20.3. The maximum Gasteiger partial charge on any atom is 0.490 e. The van der Waals surface area contributed by atoms with Crippen LogP contribution in [0, 0.1) is 0 Å². The van der Waals surface area contributed by atoms with Gasteiger partial charge in [0.05, 0.1) is 0 Å². The molecule has 1 aliphatic rings. The first-order valence-corrected chi connectivity index (χ1v) is 5.10. The summed E-state index contributed by atoms with van der Waals surface area (Å²) in [6, 6.07) is 6.52. The van der Waals surface area contributed by atoms with Gasteiger partial charge in [0.1, 0.15) is 0 Å². The van der Waals surface area contributed by atoms with Crippen molar-refractivity contribution in [1.29, 1.82) is 0 Å². The number of anilines is 1. The Balaban J connectivity index is 2.36. The fourth-order valence-electron chi connectivity index (χ4n) is 1.92. The van der Waals surface area contributed by atoms with Gasteiger partial charge >= 0.3 is 7.12 Å². The van der Waals surface area contributed by atoms with E-state index in [1.54, 1.807) is 24.3 Å². The molecule has 4 N–H and O–H groups in total. The van der Waals surface area contributed by atoms with Gasteiger partial charge in [0.2, 0.25) is 5.91 Å². The Bertz CT molecular complexity index is 411. The molecule has 0 saturated carbocycles. The average Bonchev–Trinajstić information content (AvgIpc) is 2.57. The van der Waals surface area contributed by atoms with Gasteiger partial charge in [-0.2, -0.15) is 0 Å². The van der Waals surface area contributed by atoms with Crippen molar-refractivity contribution in [2.24, 2.45) is 5.73 Å². The Kier molecular flexibility index (Phi) is 2.96. The maximum absolute atomic E-state index is 11.6. The number of carbonyl (C=O) groups excluding carboxylic acids is 1. The number of amides is 1. The molecule has 1 unspecified atom stereocenters. The van der Waals surface area contributed by atoms with Gasteiger partial charge in [0.15, 0.2) is 0 Å². The van der Waals surface area contributed by atoms with Crippen molar-refractivity contribution in [1.82, 2.24) is 0 Å². The second-order valence-corrected chi connectivity index (χ2v) is 3.90. The average molecular weight is 220 g/mol. The standard InChI is InChI=1S/C10H13BN2O3/c12-7-5-10(14)13(6-7)9-4-2-1-3-8(9)11(15)16/h1-4,7,15-16H,5-6,12H2. The highest BCUT2D eigenvalue weighted by Crippen LogP contribution is 2.18.